The fourth-order valence-corrected chi connectivity index (χ4v) is 2.20. The lowest BCUT2D eigenvalue weighted by molar-refractivity contribution is 0.555. The number of oxazole rings is 1. The van der Waals surface area contributed by atoms with Crippen LogP contribution in [0, 0.1) is 6.92 Å². The molecule has 0 bridgehead atoms. The van der Waals surface area contributed by atoms with Crippen LogP contribution in [0.3, 0.4) is 0 Å². The van der Waals surface area contributed by atoms with E-state index in [4.69, 9.17) is 4.42 Å². The summed E-state index contributed by atoms with van der Waals surface area (Å²) in [5, 5.41) is 0. The largest absolute Gasteiger partial charge is 0.417 e. The molecule has 0 fully saturated rings. The van der Waals surface area contributed by atoms with E-state index in [1.54, 1.807) is 6.20 Å². The van der Waals surface area contributed by atoms with Gasteiger partial charge in [-0.25, -0.2) is 9.78 Å². The van der Waals surface area contributed by atoms with Crippen molar-refractivity contribution in [2.24, 2.45) is 0 Å². The summed E-state index contributed by atoms with van der Waals surface area (Å²) in [6.45, 7) is 2.01. The van der Waals surface area contributed by atoms with Gasteiger partial charge in [-0.1, -0.05) is 0 Å². The van der Waals surface area contributed by atoms with Crippen molar-refractivity contribution < 1.29 is 4.42 Å². The smallest absolute Gasteiger partial charge is 0.408 e. The minimum absolute atomic E-state index is 0.447. The zero-order valence-corrected chi connectivity index (χ0v) is 12.6. The number of benzene rings is 1. The summed E-state index contributed by atoms with van der Waals surface area (Å²) in [6.07, 6.45) is 1.77. The quantitative estimate of drug-likeness (QED) is 0.781. The zero-order chi connectivity index (χ0) is 14.3. The highest BCUT2D eigenvalue weighted by Gasteiger charge is 2.09. The van der Waals surface area contributed by atoms with Gasteiger partial charge in [0.1, 0.15) is 5.82 Å². The maximum Gasteiger partial charge on any atom is 0.417 e. The van der Waals surface area contributed by atoms with Crippen LogP contribution in [0.1, 0.15) is 5.56 Å². The van der Waals surface area contributed by atoms with Crippen LogP contribution in [0.4, 0.5) is 11.5 Å². The van der Waals surface area contributed by atoms with Gasteiger partial charge in [0.25, 0.3) is 0 Å². The fourth-order valence-electron chi connectivity index (χ4n) is 1.98. The number of aromatic nitrogens is 2. The summed E-state index contributed by atoms with van der Waals surface area (Å²) in [5.41, 5.74) is 3.23. The van der Waals surface area contributed by atoms with Gasteiger partial charge in [0.2, 0.25) is 0 Å². The van der Waals surface area contributed by atoms with E-state index < -0.39 is 5.76 Å². The number of aromatic amines is 1. The lowest BCUT2D eigenvalue weighted by atomic mass is 10.2. The highest BCUT2D eigenvalue weighted by atomic mass is 79.9. The Bertz CT molecular complexity index is 838. The summed E-state index contributed by atoms with van der Waals surface area (Å²) in [5.74, 6) is 0.375. The number of halogens is 1. The van der Waals surface area contributed by atoms with Crippen LogP contribution in [-0.4, -0.2) is 17.0 Å². The fraction of sp³-hybridized carbons (Fsp3) is 0.143. The third-order valence-electron chi connectivity index (χ3n) is 3.17. The molecule has 0 radical (unpaired) electrons. The van der Waals surface area contributed by atoms with E-state index in [1.165, 1.54) is 0 Å². The number of rotatable bonds is 2. The van der Waals surface area contributed by atoms with Gasteiger partial charge < -0.3 is 9.32 Å². The Morgan fingerprint density at radius 2 is 2.15 bits per heavy atom. The topological polar surface area (TPSA) is 62.1 Å². The van der Waals surface area contributed by atoms with Crippen molar-refractivity contribution in [3.8, 4) is 0 Å². The second kappa shape index (κ2) is 4.79. The molecule has 0 atom stereocenters. The number of pyridine rings is 1. The average molecular weight is 334 g/mol. The van der Waals surface area contributed by atoms with E-state index in [2.05, 4.69) is 25.9 Å². The highest BCUT2D eigenvalue weighted by molar-refractivity contribution is 9.10. The van der Waals surface area contributed by atoms with Crippen molar-refractivity contribution in [1.29, 1.82) is 0 Å². The van der Waals surface area contributed by atoms with Crippen LogP contribution in [0.5, 0.6) is 0 Å². The molecule has 0 amide bonds. The van der Waals surface area contributed by atoms with E-state index in [-0.39, 0.29) is 0 Å². The second-order valence-corrected chi connectivity index (χ2v) is 5.40. The number of hydrogen-bond acceptors (Lipinski definition) is 4. The van der Waals surface area contributed by atoms with Crippen molar-refractivity contribution in [3.05, 3.63) is 51.0 Å². The lowest BCUT2D eigenvalue weighted by Crippen LogP contribution is -2.11. The van der Waals surface area contributed by atoms with Gasteiger partial charge in [0, 0.05) is 29.5 Å². The van der Waals surface area contributed by atoms with Crippen LogP contribution < -0.4 is 10.7 Å². The van der Waals surface area contributed by atoms with Gasteiger partial charge in [0.15, 0.2) is 5.58 Å². The predicted molar refractivity (Wildman–Crippen MR) is 81.6 cm³/mol. The molecule has 102 valence electrons. The number of fused-ring (bicyclic) bond motifs is 1. The normalized spacial score (nSPS) is 10.9. The molecular weight excluding hydrogens is 322 g/mol. The van der Waals surface area contributed by atoms with Crippen LogP contribution in [0.15, 0.2) is 44.1 Å². The average Bonchev–Trinajstić information content (AvgIpc) is 2.80. The third-order valence-corrected chi connectivity index (χ3v) is 4.00. The summed E-state index contributed by atoms with van der Waals surface area (Å²) in [7, 11) is 1.92. The van der Waals surface area contributed by atoms with Crippen molar-refractivity contribution in [2.75, 3.05) is 11.9 Å². The van der Waals surface area contributed by atoms with Gasteiger partial charge in [-0.15, -0.1) is 0 Å². The lowest BCUT2D eigenvalue weighted by Gasteiger charge is -2.18. The molecule has 2 heterocycles. The number of aryl methyl sites for hydroxylation is 1. The summed E-state index contributed by atoms with van der Waals surface area (Å²) in [4.78, 5) is 20.1. The Balaban J connectivity index is 2.04. The number of nitrogens with zero attached hydrogens (tertiary/aromatic N) is 2. The van der Waals surface area contributed by atoms with Crippen molar-refractivity contribution >= 4 is 38.5 Å². The molecule has 0 spiro atoms. The molecule has 0 unspecified atom stereocenters. The third kappa shape index (κ3) is 2.22. The van der Waals surface area contributed by atoms with Crippen molar-refractivity contribution in [2.45, 2.75) is 6.92 Å². The monoisotopic (exact) mass is 333 g/mol. The molecule has 2 aromatic heterocycles. The van der Waals surface area contributed by atoms with E-state index in [0.717, 1.165) is 21.5 Å². The Labute approximate surface area is 123 Å². The molecular formula is C14H12BrN3O2. The van der Waals surface area contributed by atoms with E-state index in [1.807, 2.05) is 43.1 Å². The number of nitrogens with one attached hydrogen (secondary N) is 1. The van der Waals surface area contributed by atoms with E-state index in [9.17, 15) is 4.79 Å². The molecule has 1 N–H and O–H groups in total. The van der Waals surface area contributed by atoms with E-state index in [0.29, 0.717) is 11.1 Å². The van der Waals surface area contributed by atoms with Crippen LogP contribution in [0.25, 0.3) is 11.1 Å². The summed E-state index contributed by atoms with van der Waals surface area (Å²) < 4.78 is 6.05. The highest BCUT2D eigenvalue weighted by Crippen LogP contribution is 2.27. The maximum absolute atomic E-state index is 11.2. The van der Waals surface area contributed by atoms with Gasteiger partial charge in [-0.2, -0.15) is 0 Å². The number of H-pyrrole nitrogens is 1. The summed E-state index contributed by atoms with van der Waals surface area (Å²) in [6, 6.07) is 7.53. The zero-order valence-electron chi connectivity index (χ0n) is 11.0. The molecule has 5 nitrogen and oxygen atoms in total. The first-order chi connectivity index (χ1) is 9.54. The SMILES string of the molecule is Cc1cc(N(C)c2ccc3[nH]c(=O)oc3c2)ncc1Br. The molecule has 0 saturated carbocycles. The Hall–Kier alpha value is -2.08. The number of anilines is 2. The number of hydrogen-bond donors (Lipinski definition) is 1. The summed E-state index contributed by atoms with van der Waals surface area (Å²) >= 11 is 3.44. The molecule has 20 heavy (non-hydrogen) atoms. The molecule has 1 aromatic carbocycles. The second-order valence-electron chi connectivity index (χ2n) is 4.55. The Kier molecular flexibility index (Phi) is 3.10. The molecule has 3 aromatic rings. The van der Waals surface area contributed by atoms with Gasteiger partial charge >= 0.3 is 5.76 Å². The van der Waals surface area contributed by atoms with Crippen LogP contribution in [-0.2, 0) is 0 Å². The molecule has 6 heteroatoms. The predicted octanol–water partition coefficient (Wildman–Crippen LogP) is 3.35. The standard InChI is InChI=1S/C14H12BrN3O2/c1-8-5-13(16-7-10(8)15)18(2)9-3-4-11-12(6-9)20-14(19)17-11/h3-7H,1-2H3,(H,17,19). The minimum Gasteiger partial charge on any atom is -0.408 e. The van der Waals surface area contributed by atoms with Crippen molar-refractivity contribution in [1.82, 2.24) is 9.97 Å². The molecule has 3 rings (SSSR count). The van der Waals surface area contributed by atoms with Crippen LogP contribution >= 0.6 is 15.9 Å². The van der Waals surface area contributed by atoms with Gasteiger partial charge in [-0.05, 0) is 46.6 Å². The Morgan fingerprint density at radius 1 is 1.35 bits per heavy atom. The minimum atomic E-state index is -0.447. The molecule has 0 aliphatic carbocycles. The van der Waals surface area contributed by atoms with Gasteiger partial charge in [0.05, 0.1) is 5.52 Å². The first-order valence-electron chi connectivity index (χ1n) is 6.03. The first-order valence-corrected chi connectivity index (χ1v) is 6.82. The van der Waals surface area contributed by atoms with Crippen molar-refractivity contribution in [3.63, 3.8) is 0 Å². The maximum atomic E-state index is 11.2. The first kappa shape index (κ1) is 12.9. The molecule has 0 aliphatic heterocycles. The van der Waals surface area contributed by atoms with Crippen LogP contribution in [0.2, 0.25) is 0 Å². The van der Waals surface area contributed by atoms with Gasteiger partial charge in [-0.3, -0.25) is 4.98 Å². The molecule has 0 saturated heterocycles. The Morgan fingerprint density at radius 3 is 2.90 bits per heavy atom. The molecule has 0 aliphatic rings. The van der Waals surface area contributed by atoms with E-state index >= 15 is 0 Å².